The number of anilines is 1. The number of nitrogens with zero attached hydrogens (tertiary/aromatic N) is 3. The van der Waals surface area contributed by atoms with Crippen LogP contribution in [0.3, 0.4) is 0 Å². The molecule has 1 aromatic rings. The minimum atomic E-state index is -1.04. The van der Waals surface area contributed by atoms with Gasteiger partial charge in [-0.2, -0.15) is 0 Å². The normalized spacial score (nSPS) is 22.6. The molecule has 1 saturated heterocycles. The molecular weight excluding hydrogens is 276 g/mol. The first-order valence-electron chi connectivity index (χ1n) is 6.92. The molecule has 0 amide bonds. The Morgan fingerprint density at radius 1 is 1.65 bits per heavy atom. The summed E-state index contributed by atoms with van der Waals surface area (Å²) in [6.07, 6.45) is 2.14. The molecule has 6 nitrogen and oxygen atoms in total. The molecule has 3 N–H and O–H groups in total. The molecular formula is C13H22N4O2S. The van der Waals surface area contributed by atoms with Gasteiger partial charge < -0.3 is 20.6 Å². The van der Waals surface area contributed by atoms with E-state index in [1.807, 2.05) is 0 Å². The van der Waals surface area contributed by atoms with Crippen LogP contribution in [0.2, 0.25) is 0 Å². The number of carboxylic acids is 1. The maximum Gasteiger partial charge on any atom is 0.326 e. The third-order valence-electron chi connectivity index (χ3n) is 3.71. The van der Waals surface area contributed by atoms with Crippen LogP contribution in [0, 0.1) is 0 Å². The minimum Gasteiger partial charge on any atom is -0.480 e. The van der Waals surface area contributed by atoms with Gasteiger partial charge in [0.15, 0.2) is 5.13 Å². The van der Waals surface area contributed by atoms with Gasteiger partial charge in [-0.05, 0) is 26.4 Å². The quantitative estimate of drug-likeness (QED) is 0.867. The van der Waals surface area contributed by atoms with Crippen molar-refractivity contribution >= 4 is 22.4 Å². The molecule has 1 aliphatic heterocycles. The average molecular weight is 298 g/mol. The van der Waals surface area contributed by atoms with Crippen molar-refractivity contribution in [3.63, 3.8) is 0 Å². The predicted molar refractivity (Wildman–Crippen MR) is 80.2 cm³/mol. The summed E-state index contributed by atoms with van der Waals surface area (Å²) < 4.78 is 0. The van der Waals surface area contributed by atoms with Gasteiger partial charge in [-0.3, -0.25) is 4.79 Å². The fourth-order valence-electron chi connectivity index (χ4n) is 2.52. The van der Waals surface area contributed by atoms with E-state index in [1.165, 1.54) is 11.3 Å². The summed E-state index contributed by atoms with van der Waals surface area (Å²) >= 11 is 1.48. The Labute approximate surface area is 123 Å². The lowest BCUT2D eigenvalue weighted by molar-refractivity contribution is -0.138. The van der Waals surface area contributed by atoms with Crippen molar-refractivity contribution in [1.29, 1.82) is 0 Å². The van der Waals surface area contributed by atoms with Gasteiger partial charge in [0.2, 0.25) is 0 Å². The van der Waals surface area contributed by atoms with Crippen LogP contribution in [0.5, 0.6) is 0 Å². The molecule has 112 valence electrons. The van der Waals surface area contributed by atoms with Crippen LogP contribution in [0.1, 0.15) is 31.5 Å². The average Bonchev–Trinajstić information content (AvgIpc) is 2.82. The van der Waals surface area contributed by atoms with E-state index in [1.54, 1.807) is 5.38 Å². The monoisotopic (exact) mass is 298 g/mol. The molecule has 0 aromatic carbocycles. The lowest BCUT2D eigenvalue weighted by atomic mass is 10.2. The second-order valence-corrected chi connectivity index (χ2v) is 6.08. The molecule has 0 bridgehead atoms. The Kier molecular flexibility index (Phi) is 4.95. The smallest absolute Gasteiger partial charge is 0.326 e. The van der Waals surface area contributed by atoms with Crippen LogP contribution in [0.15, 0.2) is 5.38 Å². The van der Waals surface area contributed by atoms with E-state index in [-0.39, 0.29) is 0 Å². The molecule has 0 spiro atoms. The van der Waals surface area contributed by atoms with Crippen molar-refractivity contribution in [2.24, 2.45) is 5.73 Å². The van der Waals surface area contributed by atoms with Crippen LogP contribution >= 0.6 is 11.3 Å². The predicted octanol–water partition coefficient (Wildman–Crippen LogP) is 1.15. The van der Waals surface area contributed by atoms with Crippen LogP contribution in [0.4, 0.5) is 5.13 Å². The van der Waals surface area contributed by atoms with Crippen molar-refractivity contribution in [3.05, 3.63) is 11.1 Å². The minimum absolute atomic E-state index is 0.419. The molecule has 0 aliphatic carbocycles. The van der Waals surface area contributed by atoms with Gasteiger partial charge in [-0.25, -0.2) is 4.98 Å². The Morgan fingerprint density at radius 3 is 3.05 bits per heavy atom. The molecule has 0 saturated carbocycles. The van der Waals surface area contributed by atoms with Crippen LogP contribution < -0.4 is 10.6 Å². The van der Waals surface area contributed by atoms with Crippen molar-refractivity contribution < 1.29 is 9.90 Å². The van der Waals surface area contributed by atoms with Crippen molar-refractivity contribution in [2.45, 2.75) is 31.8 Å². The number of thiazole rings is 1. The van der Waals surface area contributed by atoms with Crippen LogP contribution in [-0.2, 0) is 4.79 Å². The highest BCUT2D eigenvalue weighted by Gasteiger charge is 2.26. The number of nitrogens with two attached hydrogens (primary N) is 1. The molecule has 2 atom stereocenters. The zero-order valence-electron chi connectivity index (χ0n) is 12.0. The Bertz CT molecular complexity index is 465. The fourth-order valence-corrected chi connectivity index (χ4v) is 3.48. The first kappa shape index (κ1) is 15.2. The maximum absolute atomic E-state index is 10.9. The Hall–Kier alpha value is -1.18. The van der Waals surface area contributed by atoms with Gasteiger partial charge >= 0.3 is 5.97 Å². The second-order valence-electron chi connectivity index (χ2n) is 5.24. The number of rotatable bonds is 4. The van der Waals surface area contributed by atoms with Gasteiger partial charge in [0, 0.05) is 24.5 Å². The fraction of sp³-hybridized carbons (Fsp3) is 0.692. The van der Waals surface area contributed by atoms with Gasteiger partial charge in [0.05, 0.1) is 5.69 Å². The summed E-state index contributed by atoms with van der Waals surface area (Å²) in [4.78, 5) is 20.0. The topological polar surface area (TPSA) is 82.7 Å². The number of aliphatic carboxylic acids is 1. The number of hydrogen-bond acceptors (Lipinski definition) is 6. The molecule has 0 radical (unpaired) electrons. The van der Waals surface area contributed by atoms with Crippen molar-refractivity contribution in [3.8, 4) is 0 Å². The first-order valence-corrected chi connectivity index (χ1v) is 7.80. The standard InChI is InChI=1S/C13H22N4O2S/c1-3-9-7-16(2)5-4-6-17(9)13-15-10(8-20-13)11(14)12(18)19/h8-9,11H,3-7,14H2,1-2H3,(H,18,19). The van der Waals surface area contributed by atoms with E-state index in [4.69, 9.17) is 10.8 Å². The molecule has 7 heteroatoms. The van der Waals surface area contributed by atoms with Gasteiger partial charge in [0.25, 0.3) is 0 Å². The summed E-state index contributed by atoms with van der Waals surface area (Å²) in [6, 6.07) is -0.614. The second kappa shape index (κ2) is 6.51. The number of carbonyl (C=O) groups is 1. The van der Waals surface area contributed by atoms with E-state index in [0.717, 1.165) is 37.6 Å². The highest BCUT2D eigenvalue weighted by Crippen LogP contribution is 2.27. The third kappa shape index (κ3) is 3.28. The zero-order chi connectivity index (χ0) is 14.7. The first-order chi connectivity index (χ1) is 9.52. The van der Waals surface area contributed by atoms with E-state index in [2.05, 4.69) is 28.8 Å². The highest BCUT2D eigenvalue weighted by molar-refractivity contribution is 7.13. The summed E-state index contributed by atoms with van der Waals surface area (Å²) in [7, 11) is 2.14. The Balaban J connectivity index is 2.18. The molecule has 1 aliphatic rings. The van der Waals surface area contributed by atoms with Crippen LogP contribution in [-0.4, -0.2) is 53.7 Å². The maximum atomic E-state index is 10.9. The molecule has 20 heavy (non-hydrogen) atoms. The number of hydrogen-bond donors (Lipinski definition) is 2. The van der Waals surface area contributed by atoms with E-state index >= 15 is 0 Å². The lowest BCUT2D eigenvalue weighted by Gasteiger charge is -2.29. The summed E-state index contributed by atoms with van der Waals surface area (Å²) in [5.74, 6) is -1.04. The largest absolute Gasteiger partial charge is 0.480 e. The SMILES string of the molecule is CCC1CN(C)CCCN1c1nc(C(N)C(=O)O)cs1. The number of aromatic nitrogens is 1. The van der Waals surface area contributed by atoms with Crippen molar-refractivity contribution in [2.75, 3.05) is 31.6 Å². The van der Waals surface area contributed by atoms with Gasteiger partial charge in [0.1, 0.15) is 6.04 Å². The van der Waals surface area contributed by atoms with Gasteiger partial charge in [-0.15, -0.1) is 11.3 Å². The third-order valence-corrected chi connectivity index (χ3v) is 4.61. The molecule has 2 unspecified atom stereocenters. The van der Waals surface area contributed by atoms with E-state index in [9.17, 15) is 4.79 Å². The number of carboxylic acid groups (broad SMARTS) is 1. The van der Waals surface area contributed by atoms with Crippen LogP contribution in [0.25, 0.3) is 0 Å². The summed E-state index contributed by atoms with van der Waals surface area (Å²) in [6.45, 7) is 5.22. The lowest BCUT2D eigenvalue weighted by Crippen LogP contribution is -2.39. The summed E-state index contributed by atoms with van der Waals surface area (Å²) in [5, 5.41) is 11.6. The van der Waals surface area contributed by atoms with E-state index in [0.29, 0.717) is 11.7 Å². The van der Waals surface area contributed by atoms with Crippen molar-refractivity contribution in [1.82, 2.24) is 9.88 Å². The Morgan fingerprint density at radius 2 is 2.40 bits per heavy atom. The molecule has 1 aromatic heterocycles. The molecule has 1 fully saturated rings. The zero-order valence-corrected chi connectivity index (χ0v) is 12.8. The highest BCUT2D eigenvalue weighted by atomic mass is 32.1. The molecule has 2 heterocycles. The van der Waals surface area contributed by atoms with Gasteiger partial charge in [-0.1, -0.05) is 6.92 Å². The molecule has 2 rings (SSSR count). The number of likely N-dealkylation sites (N-methyl/N-ethyl adjacent to an activating group) is 1. The van der Waals surface area contributed by atoms with E-state index < -0.39 is 12.0 Å². The summed E-state index contributed by atoms with van der Waals surface area (Å²) in [5.41, 5.74) is 6.07.